The summed E-state index contributed by atoms with van der Waals surface area (Å²) < 4.78 is 24.5. The number of hydrogen-bond acceptors (Lipinski definition) is 7. The van der Waals surface area contributed by atoms with Gasteiger partial charge in [-0.25, -0.2) is 13.1 Å². The number of nitrogens with one attached hydrogen (secondary N) is 1. The predicted octanol–water partition coefficient (Wildman–Crippen LogP) is -0.280. The molecule has 1 fully saturated rings. The van der Waals surface area contributed by atoms with E-state index in [1.165, 1.54) is 11.0 Å². The molecule has 1 aromatic heterocycles. The van der Waals surface area contributed by atoms with Gasteiger partial charge in [0.05, 0.1) is 23.7 Å². The van der Waals surface area contributed by atoms with Crippen LogP contribution in [0.1, 0.15) is 6.42 Å². The van der Waals surface area contributed by atoms with Crippen molar-refractivity contribution in [1.82, 2.24) is 25.1 Å². The minimum Gasteiger partial charge on any atom is -0.325 e. The first-order chi connectivity index (χ1) is 11.4. The van der Waals surface area contributed by atoms with Crippen LogP contribution in [0.3, 0.4) is 0 Å². The van der Waals surface area contributed by atoms with Gasteiger partial charge in [-0.05, 0) is 48.2 Å². The molecule has 3 rings (SSSR count). The molecule has 0 bridgehead atoms. The van der Waals surface area contributed by atoms with Crippen LogP contribution < -0.4 is 5.32 Å². The van der Waals surface area contributed by atoms with Crippen molar-refractivity contribution in [3.8, 4) is 5.69 Å². The Balaban J connectivity index is 1.55. The van der Waals surface area contributed by atoms with E-state index in [4.69, 9.17) is 0 Å². The predicted molar refractivity (Wildman–Crippen MR) is 87.5 cm³/mol. The number of nitrogens with zero attached hydrogens (tertiary/aromatic N) is 5. The Labute approximate surface area is 139 Å². The third-order valence-corrected chi connectivity index (χ3v) is 5.74. The number of rotatable bonds is 5. The van der Waals surface area contributed by atoms with Gasteiger partial charge >= 0.3 is 0 Å². The van der Waals surface area contributed by atoms with Crippen LogP contribution in [0.15, 0.2) is 30.6 Å². The Morgan fingerprint density at radius 3 is 2.71 bits per heavy atom. The Bertz CT molecular complexity index is 804. The monoisotopic (exact) mass is 350 g/mol. The summed E-state index contributed by atoms with van der Waals surface area (Å²) in [6, 6.07) is 7.01. The highest BCUT2D eigenvalue weighted by Crippen LogP contribution is 2.17. The molecule has 1 N–H and O–H groups in total. The molecular formula is C14H18N6O3S. The molecule has 1 amide bonds. The fourth-order valence-corrected chi connectivity index (χ4v) is 4.46. The maximum absolute atomic E-state index is 12.1. The molecule has 9 nitrogen and oxygen atoms in total. The van der Waals surface area contributed by atoms with Gasteiger partial charge in [-0.2, -0.15) is 0 Å². The van der Waals surface area contributed by atoms with Crippen molar-refractivity contribution in [1.29, 1.82) is 0 Å². The number of tetrazole rings is 1. The van der Waals surface area contributed by atoms with Gasteiger partial charge < -0.3 is 5.32 Å². The molecule has 0 aliphatic carbocycles. The van der Waals surface area contributed by atoms with E-state index in [-0.39, 0.29) is 30.0 Å². The summed E-state index contributed by atoms with van der Waals surface area (Å²) in [5, 5.41) is 13.7. The van der Waals surface area contributed by atoms with Crippen LogP contribution in [-0.2, 0) is 14.6 Å². The topological polar surface area (TPSA) is 110 Å². The first-order valence-corrected chi connectivity index (χ1v) is 9.29. The molecule has 1 aliphatic heterocycles. The number of anilines is 1. The van der Waals surface area contributed by atoms with Crippen LogP contribution in [-0.4, -0.2) is 70.6 Å². The fourth-order valence-electron chi connectivity index (χ4n) is 2.66. The zero-order valence-electron chi connectivity index (χ0n) is 13.2. The normalized spacial score (nSPS) is 19.5. The van der Waals surface area contributed by atoms with Crippen LogP contribution in [0.2, 0.25) is 0 Å². The summed E-state index contributed by atoms with van der Waals surface area (Å²) in [5.74, 6) is 0.136. The second-order valence-electron chi connectivity index (χ2n) is 5.82. The van der Waals surface area contributed by atoms with Crippen LogP contribution in [0, 0.1) is 0 Å². The van der Waals surface area contributed by atoms with Crippen molar-refractivity contribution in [2.24, 2.45) is 0 Å². The van der Waals surface area contributed by atoms with Crippen molar-refractivity contribution in [2.45, 2.75) is 12.5 Å². The molecule has 0 spiro atoms. The molecule has 2 aromatic rings. The summed E-state index contributed by atoms with van der Waals surface area (Å²) in [7, 11) is -1.18. The van der Waals surface area contributed by atoms with Gasteiger partial charge in [0.25, 0.3) is 0 Å². The molecule has 24 heavy (non-hydrogen) atoms. The van der Waals surface area contributed by atoms with Crippen LogP contribution in [0.25, 0.3) is 5.69 Å². The number of benzene rings is 1. The Kier molecular flexibility index (Phi) is 4.58. The number of sulfone groups is 1. The minimum atomic E-state index is -2.95. The van der Waals surface area contributed by atoms with Crippen molar-refractivity contribution < 1.29 is 13.2 Å². The number of carbonyl (C=O) groups is 1. The van der Waals surface area contributed by atoms with E-state index in [9.17, 15) is 13.2 Å². The van der Waals surface area contributed by atoms with E-state index in [2.05, 4.69) is 20.8 Å². The van der Waals surface area contributed by atoms with Gasteiger partial charge in [-0.3, -0.25) is 9.69 Å². The average Bonchev–Trinajstić information content (AvgIpc) is 3.17. The maximum atomic E-state index is 12.1. The van der Waals surface area contributed by atoms with E-state index < -0.39 is 9.84 Å². The Morgan fingerprint density at radius 1 is 1.38 bits per heavy atom. The second kappa shape index (κ2) is 6.65. The number of carbonyl (C=O) groups excluding carboxylic acids is 1. The quantitative estimate of drug-likeness (QED) is 0.789. The molecule has 128 valence electrons. The molecule has 1 atom stereocenters. The van der Waals surface area contributed by atoms with Gasteiger partial charge in [0.2, 0.25) is 5.91 Å². The van der Waals surface area contributed by atoms with E-state index in [1.54, 1.807) is 36.2 Å². The number of amides is 1. The second-order valence-corrected chi connectivity index (χ2v) is 8.05. The lowest BCUT2D eigenvalue weighted by Gasteiger charge is -2.22. The molecule has 0 radical (unpaired) electrons. The SMILES string of the molecule is CN(CC(=O)Nc1ccc(-n2cnnn2)cc1)[C@@H]1CCS(=O)(=O)C1. The number of hydrogen-bond donors (Lipinski definition) is 1. The highest BCUT2D eigenvalue weighted by molar-refractivity contribution is 7.91. The zero-order valence-corrected chi connectivity index (χ0v) is 14.0. The van der Waals surface area contributed by atoms with Crippen LogP contribution >= 0.6 is 0 Å². The summed E-state index contributed by atoms with van der Waals surface area (Å²) in [6.45, 7) is 0.148. The van der Waals surface area contributed by atoms with Gasteiger partial charge in [0.1, 0.15) is 6.33 Å². The summed E-state index contributed by atoms with van der Waals surface area (Å²) >= 11 is 0. The van der Waals surface area contributed by atoms with E-state index >= 15 is 0 Å². The Hall–Kier alpha value is -2.33. The Morgan fingerprint density at radius 2 is 2.12 bits per heavy atom. The minimum absolute atomic E-state index is 0.0945. The standard InChI is InChI=1S/C14H18N6O3S/c1-19(13-6-7-24(22,23)9-13)8-14(21)16-11-2-4-12(5-3-11)20-10-15-17-18-20/h2-5,10,13H,6-9H2,1H3,(H,16,21)/t13-/m1/s1. The molecule has 0 unspecified atom stereocenters. The third-order valence-electron chi connectivity index (χ3n) is 3.99. The summed E-state index contributed by atoms with van der Waals surface area (Å²) in [5.41, 5.74) is 1.44. The van der Waals surface area contributed by atoms with Gasteiger partial charge in [-0.1, -0.05) is 0 Å². The van der Waals surface area contributed by atoms with Crippen molar-refractivity contribution in [2.75, 3.05) is 30.4 Å². The molecule has 10 heteroatoms. The van der Waals surface area contributed by atoms with Crippen LogP contribution in [0.4, 0.5) is 5.69 Å². The van der Waals surface area contributed by atoms with Gasteiger partial charge in [-0.15, -0.1) is 5.10 Å². The smallest absolute Gasteiger partial charge is 0.238 e. The van der Waals surface area contributed by atoms with Crippen molar-refractivity contribution in [3.05, 3.63) is 30.6 Å². The van der Waals surface area contributed by atoms with E-state index in [1.807, 2.05) is 0 Å². The summed E-state index contributed by atoms with van der Waals surface area (Å²) in [4.78, 5) is 13.9. The molecule has 1 aromatic carbocycles. The molecule has 0 saturated carbocycles. The largest absolute Gasteiger partial charge is 0.325 e. The van der Waals surface area contributed by atoms with Crippen LogP contribution in [0.5, 0.6) is 0 Å². The first-order valence-electron chi connectivity index (χ1n) is 7.47. The summed E-state index contributed by atoms with van der Waals surface area (Å²) in [6.07, 6.45) is 2.06. The van der Waals surface area contributed by atoms with Crippen molar-refractivity contribution >= 4 is 21.4 Å². The average molecular weight is 350 g/mol. The lowest BCUT2D eigenvalue weighted by atomic mass is 10.2. The van der Waals surface area contributed by atoms with Gasteiger partial charge in [0, 0.05) is 11.7 Å². The highest BCUT2D eigenvalue weighted by atomic mass is 32.2. The molecule has 2 heterocycles. The molecular weight excluding hydrogens is 332 g/mol. The third kappa shape index (κ3) is 3.95. The lowest BCUT2D eigenvalue weighted by Crippen LogP contribution is -2.38. The molecule has 1 saturated heterocycles. The maximum Gasteiger partial charge on any atom is 0.238 e. The number of aromatic nitrogens is 4. The molecule has 1 aliphatic rings. The van der Waals surface area contributed by atoms with Gasteiger partial charge in [0.15, 0.2) is 9.84 Å². The van der Waals surface area contributed by atoms with E-state index in [0.29, 0.717) is 12.1 Å². The van der Waals surface area contributed by atoms with E-state index in [0.717, 1.165) is 5.69 Å². The number of likely N-dealkylation sites (N-methyl/N-ethyl adjacent to an activating group) is 1. The van der Waals surface area contributed by atoms with Crippen molar-refractivity contribution in [3.63, 3.8) is 0 Å². The zero-order chi connectivity index (χ0) is 17.2. The fraction of sp³-hybridized carbons (Fsp3) is 0.429. The lowest BCUT2D eigenvalue weighted by molar-refractivity contribution is -0.117. The highest BCUT2D eigenvalue weighted by Gasteiger charge is 2.31. The first kappa shape index (κ1) is 16.5.